The van der Waals surface area contributed by atoms with Crippen LogP contribution in [0.4, 0.5) is 0 Å². The maximum Gasteiger partial charge on any atom is 0.166 e. The highest BCUT2D eigenvalue weighted by Gasteiger charge is 2.36. The number of tetrazole rings is 1. The van der Waals surface area contributed by atoms with E-state index in [0.29, 0.717) is 5.88 Å². The van der Waals surface area contributed by atoms with Gasteiger partial charge in [0, 0.05) is 0 Å². The zero-order valence-electron chi connectivity index (χ0n) is 7.00. The molecule has 0 saturated heterocycles. The van der Waals surface area contributed by atoms with Gasteiger partial charge in [-0.05, 0) is 36.6 Å². The summed E-state index contributed by atoms with van der Waals surface area (Å²) in [5.74, 6) is 1.17. The van der Waals surface area contributed by atoms with E-state index in [-0.39, 0.29) is 5.54 Å². The van der Waals surface area contributed by atoms with Gasteiger partial charge >= 0.3 is 0 Å². The Kier molecular flexibility index (Phi) is 1.79. The van der Waals surface area contributed by atoms with Crippen LogP contribution in [0.3, 0.4) is 0 Å². The minimum atomic E-state index is 0.133. The third-order valence-corrected chi connectivity index (χ3v) is 2.83. The third kappa shape index (κ3) is 1.02. The summed E-state index contributed by atoms with van der Waals surface area (Å²) in [5.41, 5.74) is 0.133. The van der Waals surface area contributed by atoms with E-state index in [9.17, 15) is 0 Å². The molecule has 1 aromatic rings. The summed E-state index contributed by atoms with van der Waals surface area (Å²) in [6.45, 7) is 2.17. The van der Waals surface area contributed by atoms with Crippen LogP contribution in [-0.2, 0) is 11.4 Å². The maximum atomic E-state index is 5.70. The standard InChI is InChI=1S/C7H11ClN4/c1-7(3-2-4-7)12-6(5-8)9-10-11-12/h2-5H2,1H3. The second kappa shape index (κ2) is 2.69. The number of halogens is 1. The van der Waals surface area contributed by atoms with Crippen molar-refractivity contribution in [2.75, 3.05) is 0 Å². The fraction of sp³-hybridized carbons (Fsp3) is 0.857. The highest BCUT2D eigenvalue weighted by atomic mass is 35.5. The largest absolute Gasteiger partial charge is 0.223 e. The van der Waals surface area contributed by atoms with Crippen LogP contribution in [0.15, 0.2) is 0 Å². The molecule has 1 saturated carbocycles. The van der Waals surface area contributed by atoms with Crippen LogP contribution >= 0.6 is 11.6 Å². The van der Waals surface area contributed by atoms with Gasteiger partial charge in [-0.3, -0.25) is 0 Å². The monoisotopic (exact) mass is 186 g/mol. The lowest BCUT2D eigenvalue weighted by molar-refractivity contribution is 0.142. The Morgan fingerprint density at radius 2 is 2.33 bits per heavy atom. The minimum absolute atomic E-state index is 0.133. The fourth-order valence-electron chi connectivity index (χ4n) is 1.61. The second-order valence-electron chi connectivity index (χ2n) is 3.49. The van der Waals surface area contributed by atoms with Crippen molar-refractivity contribution in [2.24, 2.45) is 0 Å². The van der Waals surface area contributed by atoms with Crippen molar-refractivity contribution < 1.29 is 0 Å². The molecule has 0 aromatic carbocycles. The van der Waals surface area contributed by atoms with Gasteiger partial charge in [0.2, 0.25) is 0 Å². The van der Waals surface area contributed by atoms with E-state index < -0.39 is 0 Å². The van der Waals surface area contributed by atoms with E-state index in [1.54, 1.807) is 0 Å². The van der Waals surface area contributed by atoms with Gasteiger partial charge in [0.1, 0.15) is 0 Å². The van der Waals surface area contributed by atoms with Gasteiger partial charge in [0.15, 0.2) is 5.82 Å². The van der Waals surface area contributed by atoms with E-state index in [2.05, 4.69) is 22.4 Å². The molecule has 0 spiro atoms. The van der Waals surface area contributed by atoms with Crippen LogP contribution in [-0.4, -0.2) is 20.2 Å². The summed E-state index contributed by atoms with van der Waals surface area (Å²) in [6, 6.07) is 0. The van der Waals surface area contributed by atoms with Crippen molar-refractivity contribution in [3.05, 3.63) is 5.82 Å². The molecule has 0 amide bonds. The molecule has 66 valence electrons. The summed E-state index contributed by atoms with van der Waals surface area (Å²) in [5, 5.41) is 11.4. The zero-order valence-corrected chi connectivity index (χ0v) is 7.75. The first-order valence-corrected chi connectivity index (χ1v) is 4.63. The van der Waals surface area contributed by atoms with Crippen LogP contribution in [0.1, 0.15) is 32.0 Å². The molecule has 1 fully saturated rings. The fourth-order valence-corrected chi connectivity index (χ4v) is 1.78. The Morgan fingerprint density at radius 3 is 2.83 bits per heavy atom. The molecule has 1 aliphatic rings. The number of aromatic nitrogens is 4. The summed E-state index contributed by atoms with van der Waals surface area (Å²) in [4.78, 5) is 0. The molecular weight excluding hydrogens is 176 g/mol. The van der Waals surface area contributed by atoms with Crippen LogP contribution < -0.4 is 0 Å². The van der Waals surface area contributed by atoms with Crippen LogP contribution in [0.25, 0.3) is 0 Å². The number of nitrogens with zero attached hydrogens (tertiary/aromatic N) is 4. The van der Waals surface area contributed by atoms with Crippen LogP contribution in [0.5, 0.6) is 0 Å². The van der Waals surface area contributed by atoms with E-state index in [1.807, 2.05) is 4.68 Å². The lowest BCUT2D eigenvalue weighted by Gasteiger charge is -2.38. The molecule has 2 rings (SSSR count). The molecular formula is C7H11ClN4. The number of rotatable bonds is 2. The van der Waals surface area contributed by atoms with Gasteiger partial charge in [-0.2, -0.15) is 0 Å². The van der Waals surface area contributed by atoms with Gasteiger partial charge in [-0.25, -0.2) is 4.68 Å². The summed E-state index contributed by atoms with van der Waals surface area (Å²) in [6.07, 6.45) is 3.57. The molecule has 12 heavy (non-hydrogen) atoms. The van der Waals surface area contributed by atoms with Crippen molar-refractivity contribution in [2.45, 2.75) is 37.6 Å². The molecule has 0 unspecified atom stereocenters. The smallest absolute Gasteiger partial charge is 0.166 e. The molecule has 4 nitrogen and oxygen atoms in total. The zero-order chi connectivity index (χ0) is 8.60. The average Bonchev–Trinajstić information content (AvgIpc) is 2.47. The Bertz CT molecular complexity index is 279. The summed E-state index contributed by atoms with van der Waals surface area (Å²) >= 11 is 5.70. The first kappa shape index (κ1) is 7.98. The molecule has 0 N–H and O–H groups in total. The quantitative estimate of drug-likeness (QED) is 0.655. The SMILES string of the molecule is CC1(n2nnnc2CCl)CCC1. The van der Waals surface area contributed by atoms with Gasteiger partial charge < -0.3 is 0 Å². The Balaban J connectivity index is 2.31. The van der Waals surface area contributed by atoms with Crippen molar-refractivity contribution in [3.63, 3.8) is 0 Å². The molecule has 1 aromatic heterocycles. The van der Waals surface area contributed by atoms with Gasteiger partial charge in [-0.1, -0.05) is 0 Å². The lowest BCUT2D eigenvalue weighted by atomic mass is 9.79. The van der Waals surface area contributed by atoms with E-state index in [4.69, 9.17) is 11.6 Å². The topological polar surface area (TPSA) is 43.6 Å². The lowest BCUT2D eigenvalue weighted by Crippen LogP contribution is -2.39. The first-order valence-electron chi connectivity index (χ1n) is 4.10. The van der Waals surface area contributed by atoms with Crippen molar-refractivity contribution >= 4 is 11.6 Å². The molecule has 1 heterocycles. The Morgan fingerprint density at radius 1 is 1.58 bits per heavy atom. The van der Waals surface area contributed by atoms with Crippen molar-refractivity contribution in [3.8, 4) is 0 Å². The second-order valence-corrected chi connectivity index (χ2v) is 3.76. The molecule has 1 aliphatic carbocycles. The molecule has 5 heteroatoms. The number of alkyl halides is 1. The summed E-state index contributed by atoms with van der Waals surface area (Å²) in [7, 11) is 0. The van der Waals surface area contributed by atoms with E-state index in [1.165, 1.54) is 6.42 Å². The minimum Gasteiger partial charge on any atom is -0.223 e. The molecule has 0 aliphatic heterocycles. The Hall–Kier alpha value is -0.640. The highest BCUT2D eigenvalue weighted by Crippen LogP contribution is 2.38. The maximum absolute atomic E-state index is 5.70. The number of hydrogen-bond donors (Lipinski definition) is 0. The van der Waals surface area contributed by atoms with E-state index >= 15 is 0 Å². The van der Waals surface area contributed by atoms with Crippen LogP contribution in [0.2, 0.25) is 0 Å². The molecule has 0 atom stereocenters. The first-order chi connectivity index (χ1) is 5.76. The van der Waals surface area contributed by atoms with Gasteiger partial charge in [-0.15, -0.1) is 16.7 Å². The predicted molar refractivity (Wildman–Crippen MR) is 44.9 cm³/mol. The van der Waals surface area contributed by atoms with Crippen molar-refractivity contribution in [1.29, 1.82) is 0 Å². The number of hydrogen-bond acceptors (Lipinski definition) is 3. The van der Waals surface area contributed by atoms with Crippen molar-refractivity contribution in [1.82, 2.24) is 20.2 Å². The van der Waals surface area contributed by atoms with Gasteiger partial charge in [0.05, 0.1) is 11.4 Å². The molecule has 0 bridgehead atoms. The van der Waals surface area contributed by atoms with Gasteiger partial charge in [0.25, 0.3) is 0 Å². The normalized spacial score (nSPS) is 20.5. The summed E-state index contributed by atoms with van der Waals surface area (Å²) < 4.78 is 1.86. The Labute approximate surface area is 75.9 Å². The predicted octanol–water partition coefficient (Wildman–Crippen LogP) is 1.31. The van der Waals surface area contributed by atoms with E-state index in [0.717, 1.165) is 18.7 Å². The molecule has 0 radical (unpaired) electrons. The third-order valence-electron chi connectivity index (χ3n) is 2.60. The van der Waals surface area contributed by atoms with Crippen LogP contribution in [0, 0.1) is 0 Å². The highest BCUT2D eigenvalue weighted by molar-refractivity contribution is 6.16. The average molecular weight is 187 g/mol.